The Balaban J connectivity index is 1.57. The molecule has 0 unspecified atom stereocenters. The minimum atomic E-state index is -0.295. The van der Waals surface area contributed by atoms with Gasteiger partial charge in [-0.3, -0.25) is 4.79 Å². The first kappa shape index (κ1) is 19.6. The molecule has 0 aromatic heterocycles. The molecule has 0 saturated carbocycles. The number of benzene rings is 2. The molecule has 0 radical (unpaired) electrons. The van der Waals surface area contributed by atoms with Gasteiger partial charge in [0.15, 0.2) is 0 Å². The van der Waals surface area contributed by atoms with Gasteiger partial charge in [0, 0.05) is 17.7 Å². The lowest BCUT2D eigenvalue weighted by Crippen LogP contribution is -2.41. The van der Waals surface area contributed by atoms with E-state index in [0.717, 1.165) is 29.2 Å². The summed E-state index contributed by atoms with van der Waals surface area (Å²) in [6.07, 6.45) is 0.762. The van der Waals surface area contributed by atoms with E-state index in [1.165, 1.54) is 11.1 Å². The number of methoxy groups -OCH3 is 1. The van der Waals surface area contributed by atoms with E-state index in [0.29, 0.717) is 5.75 Å². The van der Waals surface area contributed by atoms with E-state index in [1.54, 1.807) is 18.9 Å². The minimum Gasteiger partial charge on any atom is -0.497 e. The van der Waals surface area contributed by atoms with Crippen LogP contribution in [0.1, 0.15) is 43.0 Å². The van der Waals surface area contributed by atoms with Crippen molar-refractivity contribution in [1.29, 1.82) is 0 Å². The highest BCUT2D eigenvalue weighted by Gasteiger charge is 2.34. The number of hydrogen-bond acceptors (Lipinski definition) is 4. The molecule has 1 heterocycles. The molecular formula is C22H27NO3S. The van der Waals surface area contributed by atoms with Crippen molar-refractivity contribution in [1.82, 2.24) is 5.32 Å². The molecule has 1 aliphatic heterocycles. The van der Waals surface area contributed by atoms with Gasteiger partial charge in [-0.1, -0.05) is 29.8 Å². The molecule has 3 rings (SSSR count). The number of aryl methyl sites for hydroxylation is 1. The Kier molecular flexibility index (Phi) is 6.00. The van der Waals surface area contributed by atoms with Crippen molar-refractivity contribution >= 4 is 17.7 Å². The Morgan fingerprint density at radius 2 is 2.00 bits per heavy atom. The van der Waals surface area contributed by atoms with Gasteiger partial charge >= 0.3 is 0 Å². The molecule has 1 aliphatic rings. The average Bonchev–Trinajstić information content (AvgIpc) is 2.62. The predicted molar refractivity (Wildman–Crippen MR) is 111 cm³/mol. The Labute approximate surface area is 165 Å². The maximum absolute atomic E-state index is 12.5. The summed E-state index contributed by atoms with van der Waals surface area (Å²) >= 11 is 1.62. The number of amides is 1. The molecule has 0 fully saturated rings. The second kappa shape index (κ2) is 8.26. The van der Waals surface area contributed by atoms with E-state index < -0.39 is 0 Å². The van der Waals surface area contributed by atoms with Crippen LogP contribution in [-0.2, 0) is 10.5 Å². The van der Waals surface area contributed by atoms with E-state index in [2.05, 4.69) is 32.2 Å². The zero-order valence-electron chi connectivity index (χ0n) is 16.4. The molecule has 144 valence electrons. The van der Waals surface area contributed by atoms with Gasteiger partial charge in [0.25, 0.3) is 0 Å². The number of thioether (sulfide) groups is 1. The number of hydrogen-bond donors (Lipinski definition) is 1. The van der Waals surface area contributed by atoms with Crippen LogP contribution in [0.2, 0.25) is 0 Å². The Bertz CT molecular complexity index is 802. The maximum Gasteiger partial charge on any atom is 0.230 e. The van der Waals surface area contributed by atoms with Crippen LogP contribution in [0.25, 0.3) is 0 Å². The third-order valence-electron chi connectivity index (χ3n) is 4.62. The van der Waals surface area contributed by atoms with E-state index in [-0.39, 0.29) is 17.6 Å². The summed E-state index contributed by atoms with van der Waals surface area (Å²) in [6, 6.07) is 14.1. The number of carbonyl (C=O) groups is 1. The first-order chi connectivity index (χ1) is 12.9. The summed E-state index contributed by atoms with van der Waals surface area (Å²) in [5.41, 5.74) is 3.13. The third-order valence-corrected chi connectivity index (χ3v) is 5.62. The monoisotopic (exact) mass is 385 g/mol. The number of fused-ring (bicyclic) bond motifs is 1. The fourth-order valence-electron chi connectivity index (χ4n) is 3.32. The summed E-state index contributed by atoms with van der Waals surface area (Å²) in [6.45, 7) is 6.18. The molecule has 2 aromatic rings. The zero-order chi connectivity index (χ0) is 19.4. The van der Waals surface area contributed by atoms with Crippen LogP contribution in [0.15, 0.2) is 42.5 Å². The second-order valence-electron chi connectivity index (χ2n) is 7.57. The summed E-state index contributed by atoms with van der Waals surface area (Å²) in [5, 5.41) is 3.20. The molecule has 0 spiro atoms. The van der Waals surface area contributed by atoms with Gasteiger partial charge in [0.1, 0.15) is 17.1 Å². The number of ether oxygens (including phenoxy) is 2. The lowest BCUT2D eigenvalue weighted by Gasteiger charge is -2.38. The molecule has 4 nitrogen and oxygen atoms in total. The van der Waals surface area contributed by atoms with Crippen molar-refractivity contribution in [2.45, 2.75) is 44.6 Å². The summed E-state index contributed by atoms with van der Waals surface area (Å²) < 4.78 is 11.2. The molecule has 5 heteroatoms. The first-order valence-electron chi connectivity index (χ1n) is 9.16. The van der Waals surface area contributed by atoms with Gasteiger partial charge in [-0.2, -0.15) is 0 Å². The highest BCUT2D eigenvalue weighted by molar-refractivity contribution is 7.99. The fourth-order valence-corrected chi connectivity index (χ4v) is 4.12. The standard InChI is InChI=1S/C22H27NO3S/c1-15-5-10-20-18(11-15)19(12-22(2,3)26-20)23-21(24)14-27-13-16-6-8-17(25-4)9-7-16/h5-11,19H,12-14H2,1-4H3,(H,23,24)/t19-/m0/s1. The highest BCUT2D eigenvalue weighted by Crippen LogP contribution is 2.39. The van der Waals surface area contributed by atoms with Gasteiger partial charge in [0.2, 0.25) is 5.91 Å². The molecular weight excluding hydrogens is 358 g/mol. The Hall–Kier alpha value is -2.14. The van der Waals surface area contributed by atoms with Gasteiger partial charge in [-0.05, 0) is 44.5 Å². The molecule has 1 atom stereocenters. The summed E-state index contributed by atoms with van der Waals surface area (Å²) in [7, 11) is 1.66. The van der Waals surface area contributed by atoms with Crippen LogP contribution in [0, 0.1) is 6.92 Å². The molecule has 1 amide bonds. The van der Waals surface area contributed by atoms with Gasteiger partial charge in [-0.15, -0.1) is 11.8 Å². The van der Waals surface area contributed by atoms with Crippen molar-refractivity contribution in [3.63, 3.8) is 0 Å². The van der Waals surface area contributed by atoms with Crippen LogP contribution in [-0.4, -0.2) is 24.4 Å². The van der Waals surface area contributed by atoms with E-state index in [4.69, 9.17) is 9.47 Å². The summed E-state index contributed by atoms with van der Waals surface area (Å²) in [4.78, 5) is 12.5. The van der Waals surface area contributed by atoms with Crippen LogP contribution in [0.5, 0.6) is 11.5 Å². The van der Waals surface area contributed by atoms with Crippen LogP contribution < -0.4 is 14.8 Å². The first-order valence-corrected chi connectivity index (χ1v) is 10.3. The third kappa shape index (κ3) is 5.19. The topological polar surface area (TPSA) is 47.6 Å². The minimum absolute atomic E-state index is 0.0160. The normalized spacial score (nSPS) is 17.6. The zero-order valence-corrected chi connectivity index (χ0v) is 17.2. The average molecular weight is 386 g/mol. The maximum atomic E-state index is 12.5. The van der Waals surface area contributed by atoms with Crippen molar-refractivity contribution in [3.8, 4) is 11.5 Å². The molecule has 2 aromatic carbocycles. The second-order valence-corrected chi connectivity index (χ2v) is 8.55. The summed E-state index contributed by atoms with van der Waals surface area (Å²) in [5.74, 6) is 3.01. The molecule has 0 aliphatic carbocycles. The van der Waals surface area contributed by atoms with Crippen molar-refractivity contribution in [3.05, 3.63) is 59.2 Å². The van der Waals surface area contributed by atoms with Gasteiger partial charge < -0.3 is 14.8 Å². The number of rotatable bonds is 6. The van der Waals surface area contributed by atoms with Crippen molar-refractivity contribution in [2.75, 3.05) is 12.9 Å². The van der Waals surface area contributed by atoms with Crippen LogP contribution in [0.3, 0.4) is 0 Å². The Morgan fingerprint density at radius 1 is 1.26 bits per heavy atom. The largest absolute Gasteiger partial charge is 0.497 e. The lowest BCUT2D eigenvalue weighted by atomic mass is 9.89. The van der Waals surface area contributed by atoms with Gasteiger partial charge in [-0.25, -0.2) is 0 Å². The van der Waals surface area contributed by atoms with E-state index >= 15 is 0 Å². The lowest BCUT2D eigenvalue weighted by molar-refractivity contribution is -0.119. The predicted octanol–water partition coefficient (Wildman–Crippen LogP) is 4.66. The van der Waals surface area contributed by atoms with Crippen molar-refractivity contribution < 1.29 is 14.3 Å². The smallest absolute Gasteiger partial charge is 0.230 e. The highest BCUT2D eigenvalue weighted by atomic mass is 32.2. The van der Waals surface area contributed by atoms with Crippen molar-refractivity contribution in [2.24, 2.45) is 0 Å². The van der Waals surface area contributed by atoms with Crippen LogP contribution >= 0.6 is 11.8 Å². The Morgan fingerprint density at radius 3 is 2.70 bits per heavy atom. The molecule has 1 N–H and O–H groups in total. The fraction of sp³-hybridized carbons (Fsp3) is 0.409. The molecule has 0 saturated heterocycles. The SMILES string of the molecule is COc1ccc(CSCC(=O)N[C@H]2CC(C)(C)Oc3ccc(C)cc32)cc1. The number of nitrogens with one attached hydrogen (secondary N) is 1. The molecule has 0 bridgehead atoms. The quantitative estimate of drug-likeness (QED) is 0.786. The van der Waals surface area contributed by atoms with Crippen LogP contribution in [0.4, 0.5) is 0 Å². The van der Waals surface area contributed by atoms with E-state index in [9.17, 15) is 4.79 Å². The van der Waals surface area contributed by atoms with E-state index in [1.807, 2.05) is 36.4 Å². The molecule has 27 heavy (non-hydrogen) atoms. The number of carbonyl (C=O) groups excluding carboxylic acids is 1. The van der Waals surface area contributed by atoms with Gasteiger partial charge in [0.05, 0.1) is 18.9 Å².